The quantitative estimate of drug-likeness (QED) is 0.554. The molecule has 0 unspecified atom stereocenters. The van der Waals surface area contributed by atoms with Crippen molar-refractivity contribution in [2.45, 2.75) is 11.6 Å². The normalized spacial score (nSPS) is 12.1. The molecule has 2 aromatic heterocycles. The van der Waals surface area contributed by atoms with Crippen molar-refractivity contribution >= 4 is 21.0 Å². The van der Waals surface area contributed by atoms with Crippen LogP contribution in [0.1, 0.15) is 5.56 Å². The van der Waals surface area contributed by atoms with Crippen LogP contribution in [-0.4, -0.2) is 36.5 Å². The van der Waals surface area contributed by atoms with E-state index in [1.807, 2.05) is 31.1 Å². The number of phenolic OH excluding ortho intramolecular Hbond substituents is 1. The zero-order valence-corrected chi connectivity index (χ0v) is 16.3. The molecule has 0 saturated heterocycles. The Labute approximate surface area is 163 Å². The molecular weight excluding hydrogens is 376 g/mol. The Balaban J connectivity index is 1.90. The molecule has 0 radical (unpaired) electrons. The second-order valence-electron chi connectivity index (χ2n) is 6.93. The maximum atomic E-state index is 13.4. The van der Waals surface area contributed by atoms with E-state index in [-0.39, 0.29) is 10.8 Å². The molecule has 4 rings (SSSR count). The fourth-order valence-electron chi connectivity index (χ4n) is 3.20. The largest absolute Gasteiger partial charge is 0.508 e. The number of hydrogen-bond donors (Lipinski definition) is 1. The number of benzene rings is 2. The molecule has 28 heavy (non-hydrogen) atoms. The van der Waals surface area contributed by atoms with Gasteiger partial charge in [0.1, 0.15) is 11.3 Å². The number of furan rings is 1. The SMILES string of the molecule is CN(C)Cc1cc(-c2cccc(O)c2)n(S(=O)(=O)c2cc3ccccc3o2)c1. The smallest absolute Gasteiger partial charge is 0.301 e. The summed E-state index contributed by atoms with van der Waals surface area (Å²) in [6.45, 7) is 0.578. The molecular formula is C21H20N2O4S. The lowest BCUT2D eigenvalue weighted by molar-refractivity contribution is 0.402. The third-order valence-corrected chi connectivity index (χ3v) is 5.93. The summed E-state index contributed by atoms with van der Waals surface area (Å²) in [5.74, 6) is 0.0699. The monoisotopic (exact) mass is 396 g/mol. The molecule has 4 aromatic rings. The van der Waals surface area contributed by atoms with Crippen molar-refractivity contribution in [3.63, 3.8) is 0 Å². The molecule has 0 aliphatic carbocycles. The lowest BCUT2D eigenvalue weighted by atomic mass is 10.1. The van der Waals surface area contributed by atoms with Crippen LogP contribution in [0.3, 0.4) is 0 Å². The highest BCUT2D eigenvalue weighted by Crippen LogP contribution is 2.31. The van der Waals surface area contributed by atoms with E-state index in [0.717, 1.165) is 10.9 Å². The highest BCUT2D eigenvalue weighted by atomic mass is 32.2. The van der Waals surface area contributed by atoms with Crippen molar-refractivity contribution in [2.24, 2.45) is 0 Å². The molecule has 0 spiro atoms. The fraction of sp³-hybridized carbons (Fsp3) is 0.143. The molecule has 144 valence electrons. The summed E-state index contributed by atoms with van der Waals surface area (Å²) >= 11 is 0. The van der Waals surface area contributed by atoms with Gasteiger partial charge in [0.25, 0.3) is 0 Å². The maximum Gasteiger partial charge on any atom is 0.301 e. The summed E-state index contributed by atoms with van der Waals surface area (Å²) in [4.78, 5) is 1.96. The molecule has 0 atom stereocenters. The van der Waals surface area contributed by atoms with Gasteiger partial charge in [0.15, 0.2) is 0 Å². The van der Waals surface area contributed by atoms with Crippen LogP contribution < -0.4 is 0 Å². The van der Waals surface area contributed by atoms with Gasteiger partial charge in [0.2, 0.25) is 5.09 Å². The number of phenols is 1. The Morgan fingerprint density at radius 1 is 1.04 bits per heavy atom. The minimum Gasteiger partial charge on any atom is -0.508 e. The van der Waals surface area contributed by atoms with Crippen LogP contribution in [0.4, 0.5) is 0 Å². The first kappa shape index (κ1) is 18.3. The van der Waals surface area contributed by atoms with E-state index in [1.165, 1.54) is 10.0 Å². The predicted octanol–water partition coefficient (Wildman–Crippen LogP) is 3.91. The number of aromatic nitrogens is 1. The van der Waals surface area contributed by atoms with Crippen LogP contribution in [0.5, 0.6) is 5.75 Å². The number of rotatable bonds is 5. The first-order valence-corrected chi connectivity index (χ1v) is 10.2. The van der Waals surface area contributed by atoms with Gasteiger partial charge in [0, 0.05) is 29.8 Å². The molecule has 0 aliphatic heterocycles. The molecule has 0 fully saturated rings. The summed E-state index contributed by atoms with van der Waals surface area (Å²) < 4.78 is 33.6. The Morgan fingerprint density at radius 2 is 1.82 bits per heavy atom. The third kappa shape index (κ3) is 3.30. The van der Waals surface area contributed by atoms with Crippen LogP contribution in [0.2, 0.25) is 0 Å². The third-order valence-electron chi connectivity index (χ3n) is 4.40. The van der Waals surface area contributed by atoms with Gasteiger partial charge in [-0.1, -0.05) is 30.3 Å². The highest BCUT2D eigenvalue weighted by molar-refractivity contribution is 7.89. The van der Waals surface area contributed by atoms with Crippen LogP contribution >= 0.6 is 0 Å². The topological polar surface area (TPSA) is 75.7 Å². The molecule has 2 heterocycles. The molecule has 1 N–H and O–H groups in total. The maximum absolute atomic E-state index is 13.4. The fourth-order valence-corrected chi connectivity index (χ4v) is 4.56. The van der Waals surface area contributed by atoms with E-state index in [9.17, 15) is 13.5 Å². The summed E-state index contributed by atoms with van der Waals surface area (Å²) in [5, 5.41) is 10.4. The first-order chi connectivity index (χ1) is 13.3. The van der Waals surface area contributed by atoms with Gasteiger partial charge < -0.3 is 14.4 Å². The lowest BCUT2D eigenvalue weighted by Gasteiger charge is -2.09. The Morgan fingerprint density at radius 3 is 2.54 bits per heavy atom. The zero-order chi connectivity index (χ0) is 19.9. The molecule has 0 saturated carbocycles. The van der Waals surface area contributed by atoms with E-state index in [0.29, 0.717) is 23.4 Å². The highest BCUT2D eigenvalue weighted by Gasteiger charge is 2.26. The predicted molar refractivity (Wildman–Crippen MR) is 108 cm³/mol. The lowest BCUT2D eigenvalue weighted by Crippen LogP contribution is -2.13. The summed E-state index contributed by atoms with van der Waals surface area (Å²) in [7, 11) is -0.126. The molecule has 7 heteroatoms. The van der Waals surface area contributed by atoms with Gasteiger partial charge in [0.05, 0.1) is 5.69 Å². The Bertz CT molecular complexity index is 1220. The van der Waals surface area contributed by atoms with Crippen LogP contribution in [0.15, 0.2) is 76.4 Å². The minimum atomic E-state index is -3.96. The zero-order valence-electron chi connectivity index (χ0n) is 15.5. The summed E-state index contributed by atoms with van der Waals surface area (Å²) in [6, 6.07) is 17.0. The van der Waals surface area contributed by atoms with Crippen molar-refractivity contribution in [2.75, 3.05) is 14.1 Å². The number of aromatic hydroxyl groups is 1. The van der Waals surface area contributed by atoms with Crippen molar-refractivity contribution in [1.82, 2.24) is 8.87 Å². The van der Waals surface area contributed by atoms with Gasteiger partial charge in [-0.3, -0.25) is 0 Å². The van der Waals surface area contributed by atoms with Crippen LogP contribution in [0.25, 0.3) is 22.2 Å². The van der Waals surface area contributed by atoms with E-state index in [4.69, 9.17) is 4.42 Å². The average molecular weight is 396 g/mol. The van der Waals surface area contributed by atoms with Gasteiger partial charge in [-0.2, -0.15) is 8.42 Å². The van der Waals surface area contributed by atoms with Crippen LogP contribution in [-0.2, 0) is 16.6 Å². The molecule has 6 nitrogen and oxygen atoms in total. The molecule has 0 bridgehead atoms. The summed E-state index contributed by atoms with van der Waals surface area (Å²) in [5.41, 5.74) is 2.42. The van der Waals surface area contributed by atoms with Gasteiger partial charge in [-0.15, -0.1) is 0 Å². The summed E-state index contributed by atoms with van der Waals surface area (Å²) in [6.07, 6.45) is 1.60. The van der Waals surface area contributed by atoms with Crippen molar-refractivity contribution in [3.8, 4) is 17.0 Å². The van der Waals surface area contributed by atoms with Crippen molar-refractivity contribution in [1.29, 1.82) is 0 Å². The molecule has 0 amide bonds. The standard InChI is InChI=1S/C21H20N2O4S/c1-22(2)13-15-10-19(16-7-5-8-18(24)11-16)23(14-15)28(25,26)21-12-17-6-3-4-9-20(17)27-21/h3-12,14,24H,13H2,1-2H3. The number of nitrogens with zero attached hydrogens (tertiary/aromatic N) is 2. The average Bonchev–Trinajstić information content (AvgIpc) is 3.26. The first-order valence-electron chi connectivity index (χ1n) is 8.74. The second kappa shape index (κ2) is 6.85. The second-order valence-corrected chi connectivity index (χ2v) is 8.67. The number of para-hydroxylation sites is 1. The minimum absolute atomic E-state index is 0.0699. The van der Waals surface area contributed by atoms with Crippen LogP contribution in [0, 0.1) is 0 Å². The van der Waals surface area contributed by atoms with Gasteiger partial charge >= 0.3 is 10.0 Å². The Kier molecular flexibility index (Phi) is 4.49. The van der Waals surface area contributed by atoms with E-state index in [1.54, 1.807) is 48.7 Å². The van der Waals surface area contributed by atoms with E-state index < -0.39 is 10.0 Å². The molecule has 0 aliphatic rings. The Hall–Kier alpha value is -3.03. The van der Waals surface area contributed by atoms with E-state index in [2.05, 4.69) is 0 Å². The van der Waals surface area contributed by atoms with Crippen molar-refractivity contribution < 1.29 is 17.9 Å². The number of fused-ring (bicyclic) bond motifs is 1. The van der Waals surface area contributed by atoms with Crippen molar-refractivity contribution in [3.05, 3.63) is 72.4 Å². The van der Waals surface area contributed by atoms with E-state index >= 15 is 0 Å². The van der Waals surface area contributed by atoms with Gasteiger partial charge in [-0.25, -0.2) is 3.97 Å². The molecule has 2 aromatic carbocycles. The van der Waals surface area contributed by atoms with Gasteiger partial charge in [-0.05, 0) is 43.9 Å². The number of hydrogen-bond acceptors (Lipinski definition) is 5.